The zero-order chi connectivity index (χ0) is 40.0. The molecule has 2 atom stereocenters. The molecule has 0 saturated carbocycles. The van der Waals surface area contributed by atoms with Crippen LogP contribution in [0.15, 0.2) is 0 Å². The minimum atomic E-state index is -1.50. The lowest BCUT2D eigenvalue weighted by Crippen LogP contribution is -2.40. The van der Waals surface area contributed by atoms with Crippen LogP contribution in [0.5, 0.6) is 0 Å². The van der Waals surface area contributed by atoms with Gasteiger partial charge in [0.2, 0.25) is 0 Å². The van der Waals surface area contributed by atoms with Crippen molar-refractivity contribution in [3.8, 4) is 0 Å². The molecule has 54 heavy (non-hydrogen) atoms. The largest absolute Gasteiger partial charge is 0.477 e. The van der Waals surface area contributed by atoms with Crippen molar-refractivity contribution in [1.82, 2.24) is 0 Å². The number of carbonyl (C=O) groups excluding carboxylic acids is 2. The Morgan fingerprint density at radius 3 is 1.19 bits per heavy atom. The molecule has 320 valence electrons. The zero-order valence-corrected chi connectivity index (χ0v) is 36.2. The Morgan fingerprint density at radius 2 is 0.833 bits per heavy atom. The zero-order valence-electron chi connectivity index (χ0n) is 36.2. The minimum Gasteiger partial charge on any atom is -0.477 e. The molecule has 0 fully saturated rings. The molecule has 0 radical (unpaired) electrons. The number of unbranched alkanes of at least 4 members (excludes halogenated alkanes) is 27. The Morgan fingerprint density at radius 1 is 0.481 bits per heavy atom. The number of carboxylic acid groups (broad SMARTS) is 1. The van der Waals surface area contributed by atoms with Crippen molar-refractivity contribution in [2.24, 2.45) is 0 Å². The maximum absolute atomic E-state index is 12.7. The summed E-state index contributed by atoms with van der Waals surface area (Å²) in [4.78, 5) is 37.0. The van der Waals surface area contributed by atoms with Gasteiger partial charge in [-0.3, -0.25) is 9.59 Å². The van der Waals surface area contributed by atoms with E-state index >= 15 is 0 Å². The Labute approximate surface area is 332 Å². The Balaban J connectivity index is 4.33. The van der Waals surface area contributed by atoms with Crippen LogP contribution in [0.4, 0.5) is 0 Å². The van der Waals surface area contributed by atoms with E-state index in [1.807, 2.05) is 21.1 Å². The second-order valence-corrected chi connectivity index (χ2v) is 16.7. The predicted molar refractivity (Wildman–Crippen MR) is 222 cm³/mol. The maximum atomic E-state index is 12.7. The first kappa shape index (κ1) is 52.3. The fourth-order valence-corrected chi connectivity index (χ4v) is 6.54. The Kier molecular flexibility index (Phi) is 37.0. The second kappa shape index (κ2) is 38.2. The van der Waals surface area contributed by atoms with Gasteiger partial charge in [-0.25, -0.2) is 4.79 Å². The van der Waals surface area contributed by atoms with Gasteiger partial charge < -0.3 is 28.5 Å². The Hall–Kier alpha value is -1.71. The van der Waals surface area contributed by atoms with Crippen LogP contribution in [0.25, 0.3) is 0 Å². The molecule has 1 N–H and O–H groups in total. The fourth-order valence-electron chi connectivity index (χ4n) is 6.54. The summed E-state index contributed by atoms with van der Waals surface area (Å²) in [5, 5.41) is 9.62. The van der Waals surface area contributed by atoms with Crippen molar-refractivity contribution in [2.75, 3.05) is 47.5 Å². The Bertz CT molecular complexity index is 861. The van der Waals surface area contributed by atoms with Crippen molar-refractivity contribution >= 4 is 17.9 Å². The van der Waals surface area contributed by atoms with Crippen LogP contribution in [0.3, 0.4) is 0 Å². The normalized spacial score (nSPS) is 12.8. The number of esters is 2. The SMILES string of the molecule is CCCCCCCCCCCCCCCCCCCCCC(=O)OC(COC(=O)CCCCCCCCCCCC)COC(OCC[N+](C)(C)C)C(=O)O. The molecule has 0 aromatic carbocycles. The highest BCUT2D eigenvalue weighted by Gasteiger charge is 2.25. The number of hydrogen-bond donors (Lipinski definition) is 1. The number of quaternary nitrogens is 1. The fraction of sp³-hybridized carbons (Fsp3) is 0.933. The first-order valence-electron chi connectivity index (χ1n) is 22.7. The van der Waals surface area contributed by atoms with Crippen LogP contribution in [-0.4, -0.2) is 87.4 Å². The van der Waals surface area contributed by atoms with Gasteiger partial charge in [-0.05, 0) is 12.8 Å². The number of aliphatic carboxylic acids is 1. The monoisotopic (exact) mass is 771 g/mol. The molecule has 0 heterocycles. The van der Waals surface area contributed by atoms with Crippen LogP contribution in [0.2, 0.25) is 0 Å². The van der Waals surface area contributed by atoms with Crippen molar-refractivity contribution in [3.05, 3.63) is 0 Å². The molecule has 0 bridgehead atoms. The summed E-state index contributed by atoms with van der Waals surface area (Å²) in [5.74, 6) is -1.99. The predicted octanol–water partition coefficient (Wildman–Crippen LogP) is 11.7. The molecule has 2 unspecified atom stereocenters. The molecule has 0 aromatic rings. The number of carbonyl (C=O) groups is 3. The summed E-state index contributed by atoms with van der Waals surface area (Å²) in [7, 11) is 5.96. The summed E-state index contributed by atoms with van der Waals surface area (Å²) in [6.45, 7) is 4.89. The van der Waals surface area contributed by atoms with E-state index in [2.05, 4.69) is 13.8 Å². The van der Waals surface area contributed by atoms with E-state index in [1.165, 1.54) is 148 Å². The van der Waals surface area contributed by atoms with E-state index in [4.69, 9.17) is 18.9 Å². The molecule has 0 saturated heterocycles. The van der Waals surface area contributed by atoms with Gasteiger partial charge in [0.05, 0.1) is 34.4 Å². The van der Waals surface area contributed by atoms with Crippen molar-refractivity contribution in [1.29, 1.82) is 0 Å². The third kappa shape index (κ3) is 38.6. The quantitative estimate of drug-likeness (QED) is 0.0283. The number of nitrogens with zero attached hydrogens (tertiary/aromatic N) is 1. The van der Waals surface area contributed by atoms with Gasteiger partial charge >= 0.3 is 17.9 Å². The van der Waals surface area contributed by atoms with Gasteiger partial charge in [-0.1, -0.05) is 187 Å². The first-order chi connectivity index (χ1) is 26.1. The molecular weight excluding hydrogens is 682 g/mol. The standard InChI is InChI=1S/C45H87NO8/c1-6-8-10-12-14-16-18-19-20-21-22-23-24-25-26-28-30-32-34-36-43(48)54-41(40-53-45(44(49)50)51-38-37-46(3,4)5)39-52-42(47)35-33-31-29-27-17-15-13-11-9-7-2/h41,45H,6-40H2,1-5H3/p+1. The van der Waals surface area contributed by atoms with Crippen LogP contribution in [0, 0.1) is 0 Å². The highest BCUT2D eigenvalue weighted by molar-refractivity contribution is 5.71. The first-order valence-corrected chi connectivity index (χ1v) is 22.7. The second-order valence-electron chi connectivity index (χ2n) is 16.7. The number of ether oxygens (including phenoxy) is 4. The average molecular weight is 771 g/mol. The molecule has 9 heteroatoms. The molecule has 0 aromatic heterocycles. The van der Waals surface area contributed by atoms with Gasteiger partial charge in [0.1, 0.15) is 13.2 Å². The molecule has 0 aliphatic rings. The third-order valence-electron chi connectivity index (χ3n) is 10.1. The van der Waals surface area contributed by atoms with Crippen molar-refractivity contribution in [3.63, 3.8) is 0 Å². The molecule has 0 aliphatic heterocycles. The van der Waals surface area contributed by atoms with E-state index in [0.29, 0.717) is 17.4 Å². The van der Waals surface area contributed by atoms with Crippen LogP contribution in [-0.2, 0) is 33.3 Å². The molecule has 0 amide bonds. The van der Waals surface area contributed by atoms with Crippen molar-refractivity contribution in [2.45, 2.75) is 225 Å². The maximum Gasteiger partial charge on any atom is 0.361 e. The van der Waals surface area contributed by atoms with E-state index < -0.39 is 18.4 Å². The molecule has 0 spiro atoms. The average Bonchev–Trinajstić information content (AvgIpc) is 3.12. The van der Waals surface area contributed by atoms with Gasteiger partial charge in [-0.2, -0.15) is 0 Å². The smallest absolute Gasteiger partial charge is 0.361 e. The number of hydrogen-bond acceptors (Lipinski definition) is 7. The van der Waals surface area contributed by atoms with E-state index in [1.54, 1.807) is 0 Å². The third-order valence-corrected chi connectivity index (χ3v) is 10.1. The van der Waals surface area contributed by atoms with Crippen LogP contribution >= 0.6 is 0 Å². The van der Waals surface area contributed by atoms with Gasteiger partial charge in [0, 0.05) is 12.8 Å². The number of rotatable bonds is 42. The topological polar surface area (TPSA) is 108 Å². The molecule has 0 rings (SSSR count). The summed E-state index contributed by atoms with van der Waals surface area (Å²) in [5.41, 5.74) is 0. The highest BCUT2D eigenvalue weighted by atomic mass is 16.7. The van der Waals surface area contributed by atoms with E-state index in [-0.39, 0.29) is 38.2 Å². The summed E-state index contributed by atoms with van der Waals surface area (Å²) < 4.78 is 22.7. The van der Waals surface area contributed by atoms with Crippen molar-refractivity contribution < 1.29 is 42.9 Å². The minimum absolute atomic E-state index is 0.174. The molecule has 0 aliphatic carbocycles. The van der Waals surface area contributed by atoms with Gasteiger partial charge in [-0.15, -0.1) is 0 Å². The number of likely N-dealkylation sites (N-methyl/N-ethyl adjacent to an activating group) is 1. The van der Waals surface area contributed by atoms with Crippen LogP contribution < -0.4 is 0 Å². The lowest BCUT2D eigenvalue weighted by atomic mass is 10.0. The summed E-state index contributed by atoms with van der Waals surface area (Å²) in [6, 6.07) is 0. The highest BCUT2D eigenvalue weighted by Crippen LogP contribution is 2.16. The number of carboxylic acids is 1. The summed E-state index contributed by atoms with van der Waals surface area (Å²) in [6.07, 6.45) is 34.5. The van der Waals surface area contributed by atoms with E-state index in [9.17, 15) is 19.5 Å². The lowest BCUT2D eigenvalue weighted by Gasteiger charge is -2.25. The van der Waals surface area contributed by atoms with Gasteiger partial charge in [0.15, 0.2) is 6.10 Å². The molecular formula is C45H88NO8+. The molecule has 9 nitrogen and oxygen atoms in total. The van der Waals surface area contributed by atoms with Gasteiger partial charge in [0.25, 0.3) is 6.29 Å². The lowest BCUT2D eigenvalue weighted by molar-refractivity contribution is -0.870. The van der Waals surface area contributed by atoms with Crippen LogP contribution in [0.1, 0.15) is 213 Å². The van der Waals surface area contributed by atoms with E-state index in [0.717, 1.165) is 38.5 Å². The summed E-state index contributed by atoms with van der Waals surface area (Å²) >= 11 is 0.